The van der Waals surface area contributed by atoms with Gasteiger partial charge < -0.3 is 19.0 Å². The number of ether oxygens (including phenoxy) is 2. The van der Waals surface area contributed by atoms with Crippen molar-refractivity contribution < 1.29 is 23.8 Å². The Bertz CT molecular complexity index is 1280. The van der Waals surface area contributed by atoms with Crippen LogP contribution in [0.3, 0.4) is 0 Å². The van der Waals surface area contributed by atoms with Crippen LogP contribution in [0.25, 0.3) is 33.6 Å². The van der Waals surface area contributed by atoms with Crippen molar-refractivity contribution in [3.63, 3.8) is 0 Å². The average molecular weight is 459 g/mol. The lowest BCUT2D eigenvalue weighted by Crippen LogP contribution is -2.15. The SMILES string of the molecule is COc1ccc(-c2c(-c3ccccc3)oc3ncnc(C[C@@H]4CC[C@@H](OCC(=O)O)C4)c23)cc1. The molecular weight excluding hydrogens is 432 g/mol. The highest BCUT2D eigenvalue weighted by Gasteiger charge is 2.29. The molecule has 1 aliphatic carbocycles. The van der Waals surface area contributed by atoms with Gasteiger partial charge in [0, 0.05) is 11.1 Å². The van der Waals surface area contributed by atoms with E-state index in [1.807, 2.05) is 54.6 Å². The molecule has 0 radical (unpaired) electrons. The first-order valence-electron chi connectivity index (χ1n) is 11.4. The molecule has 1 N–H and O–H groups in total. The van der Waals surface area contributed by atoms with Crippen LogP contribution in [-0.2, 0) is 16.0 Å². The van der Waals surface area contributed by atoms with E-state index in [9.17, 15) is 4.79 Å². The summed E-state index contributed by atoms with van der Waals surface area (Å²) in [5, 5.41) is 9.82. The van der Waals surface area contributed by atoms with Crippen LogP contribution in [0.1, 0.15) is 25.0 Å². The Labute approximate surface area is 197 Å². The zero-order valence-electron chi connectivity index (χ0n) is 18.9. The maximum Gasteiger partial charge on any atom is 0.329 e. The monoisotopic (exact) mass is 458 g/mol. The van der Waals surface area contributed by atoms with E-state index in [-0.39, 0.29) is 12.7 Å². The Kier molecular flexibility index (Phi) is 6.27. The molecule has 174 valence electrons. The predicted molar refractivity (Wildman–Crippen MR) is 128 cm³/mol. The van der Waals surface area contributed by atoms with E-state index in [4.69, 9.17) is 19.0 Å². The number of aromatic nitrogens is 2. The van der Waals surface area contributed by atoms with Gasteiger partial charge in [0.15, 0.2) is 0 Å². The van der Waals surface area contributed by atoms with Crippen molar-refractivity contribution in [3.8, 4) is 28.2 Å². The average Bonchev–Trinajstić information content (AvgIpc) is 3.48. The minimum Gasteiger partial charge on any atom is -0.497 e. The molecule has 1 aliphatic rings. The number of hydrogen-bond donors (Lipinski definition) is 1. The molecule has 2 aromatic heterocycles. The molecule has 4 aromatic rings. The number of hydrogen-bond acceptors (Lipinski definition) is 6. The summed E-state index contributed by atoms with van der Waals surface area (Å²) in [6.45, 7) is -0.251. The number of methoxy groups -OCH3 is 1. The molecule has 0 unspecified atom stereocenters. The van der Waals surface area contributed by atoms with Gasteiger partial charge in [-0.25, -0.2) is 14.8 Å². The Hall–Kier alpha value is -3.71. The van der Waals surface area contributed by atoms with E-state index in [0.717, 1.165) is 65.0 Å². The van der Waals surface area contributed by atoms with E-state index < -0.39 is 5.97 Å². The molecule has 0 bridgehead atoms. The third-order valence-corrected chi connectivity index (χ3v) is 6.40. The lowest BCUT2D eigenvalue weighted by molar-refractivity contribution is -0.144. The Morgan fingerprint density at radius 3 is 2.59 bits per heavy atom. The summed E-state index contributed by atoms with van der Waals surface area (Å²) < 4.78 is 17.2. The van der Waals surface area contributed by atoms with Gasteiger partial charge in [-0.15, -0.1) is 0 Å². The van der Waals surface area contributed by atoms with Crippen molar-refractivity contribution in [1.82, 2.24) is 9.97 Å². The maximum absolute atomic E-state index is 10.8. The largest absolute Gasteiger partial charge is 0.497 e. The minimum atomic E-state index is -0.933. The van der Waals surface area contributed by atoms with E-state index in [2.05, 4.69) is 9.97 Å². The Morgan fingerprint density at radius 2 is 1.85 bits per heavy atom. The van der Waals surface area contributed by atoms with Gasteiger partial charge in [-0.3, -0.25) is 0 Å². The fraction of sp³-hybridized carbons (Fsp3) is 0.296. The van der Waals surface area contributed by atoms with E-state index in [1.54, 1.807) is 13.4 Å². The zero-order valence-corrected chi connectivity index (χ0v) is 18.9. The number of carbonyl (C=O) groups is 1. The second kappa shape index (κ2) is 9.65. The van der Waals surface area contributed by atoms with Crippen molar-refractivity contribution in [3.05, 3.63) is 66.6 Å². The highest BCUT2D eigenvalue weighted by atomic mass is 16.5. The van der Waals surface area contributed by atoms with Gasteiger partial charge in [0.2, 0.25) is 5.71 Å². The molecule has 1 fully saturated rings. The first-order valence-corrected chi connectivity index (χ1v) is 11.4. The van der Waals surface area contributed by atoms with E-state index in [0.29, 0.717) is 11.6 Å². The third kappa shape index (κ3) is 4.52. The van der Waals surface area contributed by atoms with Crippen LogP contribution >= 0.6 is 0 Å². The number of carboxylic acids is 1. The number of rotatable bonds is 8. The fourth-order valence-electron chi connectivity index (χ4n) is 4.80. The summed E-state index contributed by atoms with van der Waals surface area (Å²) in [6.07, 6.45) is 4.93. The Balaban J connectivity index is 1.55. The number of carboxylic acid groups (broad SMARTS) is 1. The predicted octanol–water partition coefficient (Wildman–Crippen LogP) is 5.38. The summed E-state index contributed by atoms with van der Waals surface area (Å²) in [5.74, 6) is 0.969. The van der Waals surface area contributed by atoms with Crippen molar-refractivity contribution in [1.29, 1.82) is 0 Å². The first-order chi connectivity index (χ1) is 16.6. The lowest BCUT2D eigenvalue weighted by atomic mass is 9.94. The van der Waals surface area contributed by atoms with Crippen molar-refractivity contribution >= 4 is 17.1 Å². The van der Waals surface area contributed by atoms with Crippen LogP contribution in [0.5, 0.6) is 5.75 Å². The molecule has 34 heavy (non-hydrogen) atoms. The van der Waals surface area contributed by atoms with Crippen LogP contribution in [0.4, 0.5) is 0 Å². The van der Waals surface area contributed by atoms with Crippen LogP contribution in [-0.4, -0.2) is 40.9 Å². The third-order valence-electron chi connectivity index (χ3n) is 6.40. The molecular formula is C27H26N2O5. The number of benzene rings is 2. The molecule has 0 aliphatic heterocycles. The molecule has 7 nitrogen and oxygen atoms in total. The van der Waals surface area contributed by atoms with Gasteiger partial charge in [-0.05, 0) is 49.3 Å². The molecule has 2 atom stereocenters. The summed E-state index contributed by atoms with van der Waals surface area (Å²) in [6, 6.07) is 17.9. The molecule has 0 saturated heterocycles. The van der Waals surface area contributed by atoms with Crippen molar-refractivity contribution in [2.45, 2.75) is 31.8 Å². The number of furan rings is 1. The molecule has 0 spiro atoms. The quantitative estimate of drug-likeness (QED) is 0.379. The van der Waals surface area contributed by atoms with E-state index in [1.165, 1.54) is 0 Å². The van der Waals surface area contributed by atoms with Gasteiger partial charge in [0.05, 0.1) is 24.3 Å². The zero-order chi connectivity index (χ0) is 23.5. The van der Waals surface area contributed by atoms with Crippen LogP contribution in [0, 0.1) is 5.92 Å². The summed E-state index contributed by atoms with van der Waals surface area (Å²) in [4.78, 5) is 20.0. The van der Waals surface area contributed by atoms with E-state index >= 15 is 0 Å². The molecule has 2 aromatic carbocycles. The fourth-order valence-corrected chi connectivity index (χ4v) is 4.80. The van der Waals surface area contributed by atoms with Gasteiger partial charge >= 0.3 is 5.97 Å². The second-order valence-electron chi connectivity index (χ2n) is 8.61. The molecule has 2 heterocycles. The van der Waals surface area contributed by atoms with Crippen LogP contribution in [0.15, 0.2) is 65.3 Å². The highest BCUT2D eigenvalue weighted by molar-refractivity contribution is 6.01. The molecule has 5 rings (SSSR count). The van der Waals surface area contributed by atoms with Crippen molar-refractivity contribution in [2.75, 3.05) is 13.7 Å². The lowest BCUT2D eigenvalue weighted by Gasteiger charge is -2.12. The number of aliphatic carboxylic acids is 1. The normalized spacial score (nSPS) is 17.8. The number of fused-ring (bicyclic) bond motifs is 1. The number of nitrogens with zero attached hydrogens (tertiary/aromatic N) is 2. The van der Waals surface area contributed by atoms with Gasteiger partial charge in [-0.2, -0.15) is 0 Å². The van der Waals surface area contributed by atoms with Crippen LogP contribution < -0.4 is 4.74 Å². The highest BCUT2D eigenvalue weighted by Crippen LogP contribution is 2.42. The summed E-state index contributed by atoms with van der Waals surface area (Å²) in [5.41, 5.74) is 4.44. The van der Waals surface area contributed by atoms with Gasteiger partial charge in [-0.1, -0.05) is 42.5 Å². The standard InChI is InChI=1S/C27H26N2O5/c1-32-20-11-8-18(9-12-20)24-25-22(14-17-7-10-21(13-17)33-15-23(30)31)28-16-29-27(25)34-26(24)19-5-3-2-4-6-19/h2-6,8-9,11-12,16-17,21H,7,10,13-15H2,1H3,(H,30,31)/t17-,21-/m1/s1. The maximum atomic E-state index is 10.8. The topological polar surface area (TPSA) is 94.7 Å². The smallest absolute Gasteiger partial charge is 0.329 e. The van der Waals surface area contributed by atoms with Crippen LogP contribution in [0.2, 0.25) is 0 Å². The van der Waals surface area contributed by atoms with Gasteiger partial charge in [0.25, 0.3) is 0 Å². The summed E-state index contributed by atoms with van der Waals surface area (Å²) in [7, 11) is 1.65. The minimum absolute atomic E-state index is 0.0243. The molecule has 1 saturated carbocycles. The first kappa shape index (κ1) is 22.1. The van der Waals surface area contributed by atoms with Gasteiger partial charge in [0.1, 0.15) is 24.4 Å². The second-order valence-corrected chi connectivity index (χ2v) is 8.61. The Morgan fingerprint density at radius 1 is 1.06 bits per heavy atom. The molecule has 7 heteroatoms. The summed E-state index contributed by atoms with van der Waals surface area (Å²) >= 11 is 0. The molecule has 0 amide bonds. The van der Waals surface area contributed by atoms with Crippen molar-refractivity contribution in [2.24, 2.45) is 5.92 Å².